The SMILES string of the molecule is CCC1(CC)CCN(c2ccc(/C(N)=N/O)nc2)C1. The average Bonchev–Trinajstić information content (AvgIpc) is 2.92. The third kappa shape index (κ3) is 2.64. The van der Waals surface area contributed by atoms with E-state index in [1.807, 2.05) is 6.07 Å². The molecule has 19 heavy (non-hydrogen) atoms. The number of nitrogens with two attached hydrogens (primary N) is 1. The highest BCUT2D eigenvalue weighted by molar-refractivity contribution is 5.95. The molecular formula is C14H22N4O. The first-order chi connectivity index (χ1) is 9.14. The fourth-order valence-electron chi connectivity index (χ4n) is 2.76. The second kappa shape index (κ2) is 5.47. The minimum atomic E-state index is 0.0458. The Labute approximate surface area is 114 Å². The van der Waals surface area contributed by atoms with Crippen molar-refractivity contribution in [2.75, 3.05) is 18.0 Å². The van der Waals surface area contributed by atoms with Crippen LogP contribution in [0, 0.1) is 5.41 Å². The summed E-state index contributed by atoms with van der Waals surface area (Å²) in [5.41, 5.74) is 7.57. The zero-order valence-electron chi connectivity index (χ0n) is 11.6. The van der Waals surface area contributed by atoms with Crippen LogP contribution in [0.1, 0.15) is 38.8 Å². The molecule has 0 aromatic carbocycles. The predicted molar refractivity (Wildman–Crippen MR) is 76.6 cm³/mol. The molecule has 1 aliphatic rings. The molecule has 1 fully saturated rings. The Balaban J connectivity index is 2.12. The number of aromatic nitrogens is 1. The molecule has 1 aliphatic heterocycles. The highest BCUT2D eigenvalue weighted by Crippen LogP contribution is 2.38. The molecule has 1 aromatic rings. The molecule has 0 amide bonds. The molecule has 0 aliphatic carbocycles. The zero-order chi connectivity index (χ0) is 13.9. The molecule has 1 saturated heterocycles. The number of amidine groups is 1. The van der Waals surface area contributed by atoms with Crippen LogP contribution in [0.25, 0.3) is 0 Å². The monoisotopic (exact) mass is 262 g/mol. The minimum Gasteiger partial charge on any atom is -0.409 e. The number of oxime groups is 1. The van der Waals surface area contributed by atoms with Crippen molar-refractivity contribution < 1.29 is 5.21 Å². The van der Waals surface area contributed by atoms with Crippen molar-refractivity contribution in [2.24, 2.45) is 16.3 Å². The fourth-order valence-corrected chi connectivity index (χ4v) is 2.76. The summed E-state index contributed by atoms with van der Waals surface area (Å²) in [6.45, 7) is 6.70. The summed E-state index contributed by atoms with van der Waals surface area (Å²) >= 11 is 0. The summed E-state index contributed by atoms with van der Waals surface area (Å²) in [6.07, 6.45) is 5.47. The molecular weight excluding hydrogens is 240 g/mol. The maximum atomic E-state index is 8.61. The van der Waals surface area contributed by atoms with Crippen LogP contribution in [-0.2, 0) is 0 Å². The second-order valence-electron chi connectivity index (χ2n) is 5.27. The Morgan fingerprint density at radius 1 is 1.47 bits per heavy atom. The predicted octanol–water partition coefficient (Wildman–Crippen LogP) is 2.19. The third-order valence-electron chi connectivity index (χ3n) is 4.42. The van der Waals surface area contributed by atoms with Crippen molar-refractivity contribution in [1.29, 1.82) is 0 Å². The molecule has 1 aromatic heterocycles. The Morgan fingerprint density at radius 3 is 2.68 bits per heavy atom. The van der Waals surface area contributed by atoms with Crippen LogP contribution in [-0.4, -0.2) is 29.1 Å². The quantitative estimate of drug-likeness (QED) is 0.377. The molecule has 5 nitrogen and oxygen atoms in total. The van der Waals surface area contributed by atoms with Crippen molar-refractivity contribution >= 4 is 11.5 Å². The van der Waals surface area contributed by atoms with E-state index in [0.717, 1.165) is 18.8 Å². The van der Waals surface area contributed by atoms with Crippen molar-refractivity contribution in [3.63, 3.8) is 0 Å². The number of rotatable bonds is 4. The summed E-state index contributed by atoms with van der Waals surface area (Å²) in [5.74, 6) is 0.0458. The lowest BCUT2D eigenvalue weighted by molar-refractivity contribution is 0.301. The van der Waals surface area contributed by atoms with Gasteiger partial charge in [0.25, 0.3) is 0 Å². The summed E-state index contributed by atoms with van der Waals surface area (Å²) in [6, 6.07) is 3.78. The smallest absolute Gasteiger partial charge is 0.188 e. The first-order valence-electron chi connectivity index (χ1n) is 6.83. The lowest BCUT2D eigenvalue weighted by atomic mass is 9.82. The van der Waals surface area contributed by atoms with Crippen LogP contribution in [0.4, 0.5) is 5.69 Å². The van der Waals surface area contributed by atoms with Crippen LogP contribution in [0.2, 0.25) is 0 Å². The van der Waals surface area contributed by atoms with Crippen molar-refractivity contribution in [1.82, 2.24) is 4.98 Å². The van der Waals surface area contributed by atoms with Gasteiger partial charge in [-0.2, -0.15) is 0 Å². The van der Waals surface area contributed by atoms with Crippen LogP contribution >= 0.6 is 0 Å². The topological polar surface area (TPSA) is 74.7 Å². The van der Waals surface area contributed by atoms with Crippen LogP contribution in [0.5, 0.6) is 0 Å². The average molecular weight is 262 g/mol. The van der Waals surface area contributed by atoms with Crippen LogP contribution < -0.4 is 10.6 Å². The molecule has 2 rings (SSSR count). The fraction of sp³-hybridized carbons (Fsp3) is 0.571. The van der Waals surface area contributed by atoms with E-state index in [1.54, 1.807) is 12.3 Å². The van der Waals surface area contributed by atoms with E-state index in [4.69, 9.17) is 10.9 Å². The Hall–Kier alpha value is -1.78. The minimum absolute atomic E-state index is 0.0458. The Kier molecular flexibility index (Phi) is 3.93. The number of nitrogens with zero attached hydrogens (tertiary/aromatic N) is 3. The number of anilines is 1. The van der Waals surface area contributed by atoms with Gasteiger partial charge in [0.2, 0.25) is 0 Å². The molecule has 0 unspecified atom stereocenters. The largest absolute Gasteiger partial charge is 0.409 e. The molecule has 5 heteroatoms. The van der Waals surface area contributed by atoms with E-state index < -0.39 is 0 Å². The van der Waals surface area contributed by atoms with Crippen molar-refractivity contribution in [2.45, 2.75) is 33.1 Å². The maximum Gasteiger partial charge on any atom is 0.188 e. The van der Waals surface area contributed by atoms with Gasteiger partial charge in [-0.1, -0.05) is 19.0 Å². The zero-order valence-corrected chi connectivity index (χ0v) is 11.6. The number of hydrogen-bond donors (Lipinski definition) is 2. The first-order valence-corrected chi connectivity index (χ1v) is 6.83. The van der Waals surface area contributed by atoms with E-state index in [1.165, 1.54) is 19.3 Å². The van der Waals surface area contributed by atoms with Gasteiger partial charge in [0.1, 0.15) is 5.69 Å². The first kappa shape index (κ1) is 13.6. The van der Waals surface area contributed by atoms with Gasteiger partial charge in [0.15, 0.2) is 5.84 Å². The van der Waals surface area contributed by atoms with Gasteiger partial charge in [-0.3, -0.25) is 4.98 Å². The molecule has 3 N–H and O–H groups in total. The van der Waals surface area contributed by atoms with E-state index in [0.29, 0.717) is 11.1 Å². The molecule has 0 spiro atoms. The van der Waals surface area contributed by atoms with Gasteiger partial charge in [0.05, 0.1) is 11.9 Å². The van der Waals surface area contributed by atoms with E-state index in [-0.39, 0.29) is 5.84 Å². The summed E-state index contributed by atoms with van der Waals surface area (Å²) in [7, 11) is 0. The Morgan fingerprint density at radius 2 is 2.21 bits per heavy atom. The standard InChI is InChI=1S/C14H22N4O/c1-3-14(4-2)7-8-18(10-14)11-5-6-12(16-9-11)13(15)17-19/h5-6,9,19H,3-4,7-8,10H2,1-2H3,(H2,15,17). The number of pyridine rings is 1. The lowest BCUT2D eigenvalue weighted by Crippen LogP contribution is -2.26. The highest BCUT2D eigenvalue weighted by Gasteiger charge is 2.34. The number of hydrogen-bond acceptors (Lipinski definition) is 4. The van der Waals surface area contributed by atoms with Gasteiger partial charge in [0, 0.05) is 13.1 Å². The summed E-state index contributed by atoms with van der Waals surface area (Å²) < 4.78 is 0. The van der Waals surface area contributed by atoms with Gasteiger partial charge < -0.3 is 15.8 Å². The van der Waals surface area contributed by atoms with Crippen LogP contribution in [0.15, 0.2) is 23.5 Å². The van der Waals surface area contributed by atoms with Crippen molar-refractivity contribution in [3.05, 3.63) is 24.0 Å². The molecule has 2 heterocycles. The molecule has 0 radical (unpaired) electrons. The van der Waals surface area contributed by atoms with Gasteiger partial charge in [-0.05, 0) is 36.8 Å². The molecule has 0 atom stereocenters. The van der Waals surface area contributed by atoms with Crippen LogP contribution in [0.3, 0.4) is 0 Å². The van der Waals surface area contributed by atoms with Crippen molar-refractivity contribution in [3.8, 4) is 0 Å². The highest BCUT2D eigenvalue weighted by atomic mass is 16.4. The van der Waals surface area contributed by atoms with Gasteiger partial charge in [-0.25, -0.2) is 0 Å². The lowest BCUT2D eigenvalue weighted by Gasteiger charge is -2.27. The Bertz CT molecular complexity index is 451. The van der Waals surface area contributed by atoms with E-state index in [9.17, 15) is 0 Å². The van der Waals surface area contributed by atoms with Gasteiger partial charge in [-0.15, -0.1) is 0 Å². The molecule has 104 valence electrons. The third-order valence-corrected chi connectivity index (χ3v) is 4.42. The summed E-state index contributed by atoms with van der Waals surface area (Å²) in [4.78, 5) is 6.61. The van der Waals surface area contributed by atoms with E-state index in [2.05, 4.69) is 28.9 Å². The van der Waals surface area contributed by atoms with Gasteiger partial charge >= 0.3 is 0 Å². The van der Waals surface area contributed by atoms with E-state index >= 15 is 0 Å². The maximum absolute atomic E-state index is 8.61. The molecule has 0 saturated carbocycles. The second-order valence-corrected chi connectivity index (χ2v) is 5.27. The molecule has 0 bridgehead atoms. The normalized spacial score (nSPS) is 18.8. The summed E-state index contributed by atoms with van der Waals surface area (Å²) in [5, 5.41) is 11.6.